The fourth-order valence-corrected chi connectivity index (χ4v) is 1.02. The molecule has 0 bridgehead atoms. The number of aryl methyl sites for hydroxylation is 1. The quantitative estimate of drug-likeness (QED) is 0.713. The molecule has 0 saturated heterocycles. The van der Waals surface area contributed by atoms with Gasteiger partial charge < -0.3 is 5.32 Å². The van der Waals surface area contributed by atoms with Crippen LogP contribution in [0.4, 0.5) is 5.82 Å². The minimum absolute atomic E-state index is 0.596. The first-order valence-corrected chi connectivity index (χ1v) is 4.36. The molecular weight excluding hydrogens is 162 g/mol. The molecule has 3 nitrogen and oxygen atoms in total. The minimum atomic E-state index is 0.596. The third kappa shape index (κ3) is 3.57. The Balaban J connectivity index is 2.33. The van der Waals surface area contributed by atoms with E-state index in [4.69, 9.17) is 5.26 Å². The smallest absolute Gasteiger partial charge is 0.126 e. The Morgan fingerprint density at radius 3 is 3.15 bits per heavy atom. The van der Waals surface area contributed by atoms with Crippen LogP contribution in [0.15, 0.2) is 18.3 Å². The fraction of sp³-hybridized carbons (Fsp3) is 0.400. The first kappa shape index (κ1) is 9.53. The summed E-state index contributed by atoms with van der Waals surface area (Å²) in [7, 11) is 0. The molecule has 0 aliphatic heterocycles. The molecule has 0 aromatic carbocycles. The lowest BCUT2D eigenvalue weighted by Crippen LogP contribution is -2.02. The van der Waals surface area contributed by atoms with Crippen molar-refractivity contribution in [3.63, 3.8) is 0 Å². The Morgan fingerprint density at radius 2 is 2.46 bits per heavy atom. The Morgan fingerprint density at radius 1 is 1.62 bits per heavy atom. The van der Waals surface area contributed by atoms with Gasteiger partial charge in [0.2, 0.25) is 0 Å². The number of anilines is 1. The molecular formula is C10H13N3. The van der Waals surface area contributed by atoms with Gasteiger partial charge in [0.15, 0.2) is 0 Å². The Kier molecular flexibility index (Phi) is 3.77. The summed E-state index contributed by atoms with van der Waals surface area (Å²) in [5, 5.41) is 11.5. The van der Waals surface area contributed by atoms with Crippen molar-refractivity contribution in [1.82, 2.24) is 4.98 Å². The van der Waals surface area contributed by atoms with E-state index in [-0.39, 0.29) is 0 Å². The van der Waals surface area contributed by atoms with Crippen LogP contribution < -0.4 is 5.32 Å². The number of unbranched alkanes of at least 4 members (excludes halogenated alkanes) is 1. The van der Waals surface area contributed by atoms with E-state index < -0.39 is 0 Å². The number of hydrogen-bond acceptors (Lipinski definition) is 3. The molecule has 0 amide bonds. The zero-order valence-electron chi connectivity index (χ0n) is 7.75. The largest absolute Gasteiger partial charge is 0.370 e. The molecule has 1 rings (SSSR count). The Hall–Kier alpha value is -1.56. The molecule has 68 valence electrons. The molecule has 13 heavy (non-hydrogen) atoms. The van der Waals surface area contributed by atoms with Crippen molar-refractivity contribution >= 4 is 5.82 Å². The van der Waals surface area contributed by atoms with E-state index in [0.717, 1.165) is 18.8 Å². The number of nitrogens with one attached hydrogen (secondary N) is 1. The number of rotatable bonds is 4. The summed E-state index contributed by atoms with van der Waals surface area (Å²) >= 11 is 0. The van der Waals surface area contributed by atoms with Gasteiger partial charge in [-0.15, -0.1) is 0 Å². The van der Waals surface area contributed by atoms with Gasteiger partial charge in [-0.2, -0.15) is 5.26 Å². The number of nitrogens with zero attached hydrogens (tertiary/aromatic N) is 2. The SMILES string of the molecule is Cc1ccnc(NCCCC#N)c1. The molecule has 0 aliphatic carbocycles. The molecule has 1 aromatic heterocycles. The van der Waals surface area contributed by atoms with Gasteiger partial charge in [-0.05, 0) is 31.0 Å². The van der Waals surface area contributed by atoms with Crippen LogP contribution in [0.2, 0.25) is 0 Å². The second kappa shape index (κ2) is 5.15. The normalized spacial score (nSPS) is 9.23. The van der Waals surface area contributed by atoms with Gasteiger partial charge in [0.05, 0.1) is 6.07 Å². The van der Waals surface area contributed by atoms with Crippen LogP contribution in [0.5, 0.6) is 0 Å². The fourth-order valence-electron chi connectivity index (χ4n) is 1.02. The second-order valence-corrected chi connectivity index (χ2v) is 2.91. The number of aromatic nitrogens is 1. The van der Waals surface area contributed by atoms with Crippen molar-refractivity contribution in [2.24, 2.45) is 0 Å². The highest BCUT2D eigenvalue weighted by Crippen LogP contribution is 2.04. The molecule has 0 unspecified atom stereocenters. The summed E-state index contributed by atoms with van der Waals surface area (Å²) < 4.78 is 0. The van der Waals surface area contributed by atoms with Gasteiger partial charge in [-0.1, -0.05) is 0 Å². The number of nitriles is 1. The van der Waals surface area contributed by atoms with E-state index in [0.29, 0.717) is 6.42 Å². The van der Waals surface area contributed by atoms with Gasteiger partial charge >= 0.3 is 0 Å². The topological polar surface area (TPSA) is 48.7 Å². The van der Waals surface area contributed by atoms with Crippen molar-refractivity contribution in [3.05, 3.63) is 23.9 Å². The summed E-state index contributed by atoms with van der Waals surface area (Å²) in [5.41, 5.74) is 1.19. The highest BCUT2D eigenvalue weighted by molar-refractivity contribution is 5.36. The molecule has 1 aromatic rings. The van der Waals surface area contributed by atoms with Crippen LogP contribution in [-0.4, -0.2) is 11.5 Å². The van der Waals surface area contributed by atoms with E-state index in [1.807, 2.05) is 19.1 Å². The van der Waals surface area contributed by atoms with E-state index in [2.05, 4.69) is 16.4 Å². The van der Waals surface area contributed by atoms with Crippen LogP contribution in [0.1, 0.15) is 18.4 Å². The van der Waals surface area contributed by atoms with Crippen molar-refractivity contribution in [2.45, 2.75) is 19.8 Å². The number of hydrogen-bond donors (Lipinski definition) is 1. The van der Waals surface area contributed by atoms with Gasteiger partial charge in [-0.25, -0.2) is 4.98 Å². The van der Waals surface area contributed by atoms with Crippen molar-refractivity contribution in [3.8, 4) is 6.07 Å². The maximum Gasteiger partial charge on any atom is 0.126 e. The predicted octanol–water partition coefficient (Wildman–Crippen LogP) is 2.11. The van der Waals surface area contributed by atoms with E-state index >= 15 is 0 Å². The maximum absolute atomic E-state index is 8.31. The molecule has 0 spiro atoms. The summed E-state index contributed by atoms with van der Waals surface area (Å²) in [6.07, 6.45) is 3.24. The molecule has 1 heterocycles. The standard InChI is InChI=1S/C10H13N3/c1-9-4-7-13-10(8-9)12-6-3-2-5-11/h4,7-8H,2-3,6H2,1H3,(H,12,13). The van der Waals surface area contributed by atoms with Crippen LogP contribution >= 0.6 is 0 Å². The summed E-state index contributed by atoms with van der Waals surface area (Å²) in [6, 6.07) is 6.06. The third-order valence-corrected chi connectivity index (χ3v) is 1.69. The predicted molar refractivity (Wildman–Crippen MR) is 52.3 cm³/mol. The first-order valence-electron chi connectivity index (χ1n) is 4.36. The highest BCUT2D eigenvalue weighted by Gasteiger charge is 1.92. The lowest BCUT2D eigenvalue weighted by molar-refractivity contribution is 0.892. The average Bonchev–Trinajstić information content (AvgIpc) is 2.13. The van der Waals surface area contributed by atoms with E-state index in [9.17, 15) is 0 Å². The van der Waals surface area contributed by atoms with E-state index in [1.54, 1.807) is 6.20 Å². The summed E-state index contributed by atoms with van der Waals surface area (Å²) in [5.74, 6) is 0.887. The van der Waals surface area contributed by atoms with Gasteiger partial charge in [-0.3, -0.25) is 0 Å². The molecule has 0 fully saturated rings. The van der Waals surface area contributed by atoms with Gasteiger partial charge in [0.1, 0.15) is 5.82 Å². The first-order chi connectivity index (χ1) is 6.33. The maximum atomic E-state index is 8.31. The third-order valence-electron chi connectivity index (χ3n) is 1.69. The second-order valence-electron chi connectivity index (χ2n) is 2.91. The van der Waals surface area contributed by atoms with Crippen molar-refractivity contribution < 1.29 is 0 Å². The van der Waals surface area contributed by atoms with E-state index in [1.165, 1.54) is 5.56 Å². The van der Waals surface area contributed by atoms with Crippen molar-refractivity contribution in [1.29, 1.82) is 5.26 Å². The average molecular weight is 175 g/mol. The summed E-state index contributed by atoms with van der Waals surface area (Å²) in [6.45, 7) is 2.84. The lowest BCUT2D eigenvalue weighted by atomic mass is 10.3. The Labute approximate surface area is 78.4 Å². The molecule has 0 saturated carbocycles. The summed E-state index contributed by atoms with van der Waals surface area (Å²) in [4.78, 5) is 4.14. The van der Waals surface area contributed by atoms with Gasteiger partial charge in [0, 0.05) is 19.2 Å². The zero-order valence-corrected chi connectivity index (χ0v) is 7.75. The highest BCUT2D eigenvalue weighted by atomic mass is 15.0. The molecule has 0 aliphatic rings. The molecule has 0 radical (unpaired) electrons. The Bertz CT molecular complexity index is 301. The van der Waals surface area contributed by atoms with Crippen LogP contribution in [0.3, 0.4) is 0 Å². The molecule has 0 atom stereocenters. The zero-order chi connectivity index (χ0) is 9.52. The van der Waals surface area contributed by atoms with Gasteiger partial charge in [0.25, 0.3) is 0 Å². The molecule has 3 heteroatoms. The van der Waals surface area contributed by atoms with Crippen LogP contribution in [-0.2, 0) is 0 Å². The number of pyridine rings is 1. The lowest BCUT2D eigenvalue weighted by Gasteiger charge is -2.03. The van der Waals surface area contributed by atoms with Crippen molar-refractivity contribution in [2.75, 3.05) is 11.9 Å². The molecule has 1 N–H and O–H groups in total. The van der Waals surface area contributed by atoms with Crippen LogP contribution in [0, 0.1) is 18.3 Å². The monoisotopic (exact) mass is 175 g/mol. The minimum Gasteiger partial charge on any atom is -0.370 e. The van der Waals surface area contributed by atoms with Crippen LogP contribution in [0.25, 0.3) is 0 Å².